The van der Waals surface area contributed by atoms with E-state index in [0.717, 1.165) is 5.56 Å². The van der Waals surface area contributed by atoms with Gasteiger partial charge >= 0.3 is 0 Å². The monoisotopic (exact) mass is 349 g/mol. The van der Waals surface area contributed by atoms with E-state index in [9.17, 15) is 9.59 Å². The molecule has 1 N–H and O–H groups in total. The molecule has 1 atom stereocenters. The standard InChI is InChI=1S/C21H23N3O2/c1-15(2)18(12-16-8-4-3-5-9-16)21(26)22-14-17-13-20(25)24-11-7-6-10-19(24)23-17/h3-11,13,15,18H,12,14H2,1-2H3,(H,22,26). The molecule has 5 nitrogen and oxygen atoms in total. The zero-order valence-corrected chi connectivity index (χ0v) is 15.1. The number of amides is 1. The number of hydrogen-bond donors (Lipinski definition) is 1. The first kappa shape index (κ1) is 17.9. The fourth-order valence-corrected chi connectivity index (χ4v) is 3.00. The van der Waals surface area contributed by atoms with Gasteiger partial charge in [-0.3, -0.25) is 14.0 Å². The summed E-state index contributed by atoms with van der Waals surface area (Å²) in [6.45, 7) is 4.35. The lowest BCUT2D eigenvalue weighted by Crippen LogP contribution is -2.35. The summed E-state index contributed by atoms with van der Waals surface area (Å²) in [5.41, 5.74) is 2.14. The Morgan fingerprint density at radius 3 is 2.58 bits per heavy atom. The van der Waals surface area contributed by atoms with Crippen LogP contribution in [0, 0.1) is 11.8 Å². The minimum atomic E-state index is -0.149. The Morgan fingerprint density at radius 2 is 1.85 bits per heavy atom. The Balaban J connectivity index is 1.71. The molecule has 0 fully saturated rings. The summed E-state index contributed by atoms with van der Waals surface area (Å²) in [6.07, 6.45) is 2.37. The van der Waals surface area contributed by atoms with Crippen molar-refractivity contribution < 1.29 is 4.79 Å². The van der Waals surface area contributed by atoms with Crippen LogP contribution in [0.3, 0.4) is 0 Å². The smallest absolute Gasteiger partial charge is 0.258 e. The van der Waals surface area contributed by atoms with E-state index in [0.29, 0.717) is 17.8 Å². The average Bonchev–Trinajstić information content (AvgIpc) is 2.65. The van der Waals surface area contributed by atoms with E-state index in [1.54, 1.807) is 18.3 Å². The van der Waals surface area contributed by atoms with Crippen LogP contribution in [-0.2, 0) is 17.8 Å². The SMILES string of the molecule is CC(C)C(Cc1ccccc1)C(=O)NCc1cc(=O)n2ccccc2n1. The number of hydrogen-bond acceptors (Lipinski definition) is 3. The fraction of sp³-hybridized carbons (Fsp3) is 0.286. The quantitative estimate of drug-likeness (QED) is 0.744. The molecule has 3 aromatic rings. The number of nitrogens with one attached hydrogen (secondary N) is 1. The molecule has 3 rings (SSSR count). The molecule has 0 aliphatic carbocycles. The second-order valence-electron chi connectivity index (χ2n) is 6.77. The Bertz CT molecular complexity index is 948. The van der Waals surface area contributed by atoms with E-state index in [2.05, 4.69) is 10.3 Å². The summed E-state index contributed by atoms with van der Waals surface area (Å²) < 4.78 is 1.48. The van der Waals surface area contributed by atoms with Crippen molar-refractivity contribution in [1.82, 2.24) is 14.7 Å². The topological polar surface area (TPSA) is 63.5 Å². The van der Waals surface area contributed by atoms with Gasteiger partial charge < -0.3 is 5.32 Å². The van der Waals surface area contributed by atoms with Crippen molar-refractivity contribution in [3.05, 3.63) is 82.4 Å². The van der Waals surface area contributed by atoms with Crippen molar-refractivity contribution in [2.45, 2.75) is 26.8 Å². The Morgan fingerprint density at radius 1 is 1.12 bits per heavy atom. The second-order valence-corrected chi connectivity index (χ2v) is 6.77. The third kappa shape index (κ3) is 4.17. The number of carbonyl (C=O) groups excluding carboxylic acids is 1. The van der Waals surface area contributed by atoms with Gasteiger partial charge in [0.25, 0.3) is 5.56 Å². The molecule has 1 amide bonds. The molecule has 2 aromatic heterocycles. The fourth-order valence-electron chi connectivity index (χ4n) is 3.00. The van der Waals surface area contributed by atoms with E-state index >= 15 is 0 Å². The molecule has 1 aromatic carbocycles. The van der Waals surface area contributed by atoms with E-state index in [-0.39, 0.29) is 29.8 Å². The molecule has 0 spiro atoms. The van der Waals surface area contributed by atoms with Gasteiger partial charge in [-0.1, -0.05) is 50.2 Å². The van der Waals surface area contributed by atoms with Gasteiger partial charge in [-0.15, -0.1) is 0 Å². The van der Waals surface area contributed by atoms with Crippen LogP contribution in [-0.4, -0.2) is 15.3 Å². The van der Waals surface area contributed by atoms with Crippen molar-refractivity contribution >= 4 is 11.6 Å². The molecule has 0 saturated heterocycles. The molecular weight excluding hydrogens is 326 g/mol. The summed E-state index contributed by atoms with van der Waals surface area (Å²) in [4.78, 5) is 29.3. The highest BCUT2D eigenvalue weighted by Gasteiger charge is 2.22. The Hall–Kier alpha value is -2.95. The van der Waals surface area contributed by atoms with E-state index < -0.39 is 0 Å². The van der Waals surface area contributed by atoms with Crippen LogP contribution in [0.25, 0.3) is 5.65 Å². The maximum Gasteiger partial charge on any atom is 0.258 e. The number of nitrogens with zero attached hydrogens (tertiary/aromatic N) is 2. The van der Waals surface area contributed by atoms with Crippen LogP contribution in [0.1, 0.15) is 25.1 Å². The first-order valence-corrected chi connectivity index (χ1v) is 8.83. The van der Waals surface area contributed by atoms with E-state index in [1.165, 1.54) is 10.5 Å². The summed E-state index contributed by atoms with van der Waals surface area (Å²) in [7, 11) is 0. The summed E-state index contributed by atoms with van der Waals surface area (Å²) in [5, 5.41) is 2.94. The van der Waals surface area contributed by atoms with Crippen LogP contribution < -0.4 is 10.9 Å². The Kier molecular flexibility index (Phi) is 5.46. The van der Waals surface area contributed by atoms with Gasteiger partial charge in [-0.25, -0.2) is 4.98 Å². The predicted molar refractivity (Wildman–Crippen MR) is 102 cm³/mol. The van der Waals surface area contributed by atoms with Crippen LogP contribution in [0.5, 0.6) is 0 Å². The average molecular weight is 349 g/mol. The maximum absolute atomic E-state index is 12.7. The molecule has 1 unspecified atom stereocenters. The highest BCUT2D eigenvalue weighted by atomic mass is 16.2. The summed E-state index contributed by atoms with van der Waals surface area (Å²) in [6, 6.07) is 16.9. The molecule has 0 aliphatic heterocycles. The molecule has 2 heterocycles. The van der Waals surface area contributed by atoms with Crippen LogP contribution in [0.2, 0.25) is 0 Å². The molecular formula is C21H23N3O2. The molecule has 134 valence electrons. The lowest BCUT2D eigenvalue weighted by atomic mass is 9.88. The minimum absolute atomic E-state index is 0.0149. The highest BCUT2D eigenvalue weighted by molar-refractivity contribution is 5.79. The van der Waals surface area contributed by atoms with E-state index in [1.807, 2.05) is 50.2 Å². The van der Waals surface area contributed by atoms with E-state index in [4.69, 9.17) is 0 Å². The molecule has 0 radical (unpaired) electrons. The van der Waals surface area contributed by atoms with Crippen molar-refractivity contribution in [1.29, 1.82) is 0 Å². The van der Waals surface area contributed by atoms with Gasteiger partial charge in [0.05, 0.1) is 12.2 Å². The third-order valence-corrected chi connectivity index (χ3v) is 4.51. The van der Waals surface area contributed by atoms with Crippen LogP contribution in [0.15, 0.2) is 65.6 Å². The maximum atomic E-state index is 12.7. The lowest BCUT2D eigenvalue weighted by Gasteiger charge is -2.20. The first-order valence-electron chi connectivity index (χ1n) is 8.83. The van der Waals surface area contributed by atoms with Gasteiger partial charge in [0, 0.05) is 18.2 Å². The van der Waals surface area contributed by atoms with Crippen molar-refractivity contribution in [2.75, 3.05) is 0 Å². The normalized spacial score (nSPS) is 12.3. The summed E-state index contributed by atoms with van der Waals surface area (Å²) in [5.74, 6) is 0.0725. The zero-order chi connectivity index (χ0) is 18.5. The third-order valence-electron chi connectivity index (χ3n) is 4.51. The van der Waals surface area contributed by atoms with Gasteiger partial charge in [0.15, 0.2) is 0 Å². The first-order chi connectivity index (χ1) is 12.5. The lowest BCUT2D eigenvalue weighted by molar-refractivity contribution is -0.126. The number of fused-ring (bicyclic) bond motifs is 1. The van der Waals surface area contributed by atoms with Crippen LogP contribution in [0.4, 0.5) is 0 Å². The number of carbonyl (C=O) groups is 1. The van der Waals surface area contributed by atoms with Crippen LogP contribution >= 0.6 is 0 Å². The number of benzene rings is 1. The number of aromatic nitrogens is 2. The summed E-state index contributed by atoms with van der Waals surface area (Å²) >= 11 is 0. The van der Waals surface area contributed by atoms with Crippen molar-refractivity contribution in [3.8, 4) is 0 Å². The van der Waals surface area contributed by atoms with Gasteiger partial charge in [-0.2, -0.15) is 0 Å². The molecule has 5 heteroatoms. The van der Waals surface area contributed by atoms with Gasteiger partial charge in [0.2, 0.25) is 5.91 Å². The Labute approximate surface area is 152 Å². The number of pyridine rings is 1. The highest BCUT2D eigenvalue weighted by Crippen LogP contribution is 2.17. The zero-order valence-electron chi connectivity index (χ0n) is 15.1. The second kappa shape index (κ2) is 7.95. The van der Waals surface area contributed by atoms with Crippen molar-refractivity contribution in [3.63, 3.8) is 0 Å². The van der Waals surface area contributed by atoms with Gasteiger partial charge in [0.1, 0.15) is 5.65 Å². The largest absolute Gasteiger partial charge is 0.350 e. The minimum Gasteiger partial charge on any atom is -0.350 e. The molecule has 0 saturated carbocycles. The molecule has 0 aliphatic rings. The molecule has 0 bridgehead atoms. The predicted octanol–water partition coefficient (Wildman–Crippen LogP) is 2.83. The number of rotatable bonds is 6. The van der Waals surface area contributed by atoms with Gasteiger partial charge in [-0.05, 0) is 30.0 Å². The molecule has 26 heavy (non-hydrogen) atoms. The van der Waals surface area contributed by atoms with Crippen molar-refractivity contribution in [2.24, 2.45) is 11.8 Å².